The van der Waals surface area contributed by atoms with Gasteiger partial charge in [0, 0.05) is 18.5 Å². The smallest absolute Gasteiger partial charge is 0.389 e. The molecule has 102 valence electrons. The monoisotopic (exact) mass is 265 g/mol. The number of rotatable bonds is 6. The fourth-order valence-corrected chi connectivity index (χ4v) is 1.49. The first-order valence-electron chi connectivity index (χ1n) is 5.63. The summed E-state index contributed by atoms with van der Waals surface area (Å²) in [6.07, 6.45) is -4.46. The van der Waals surface area contributed by atoms with Crippen LogP contribution in [0.25, 0.3) is 0 Å². The largest absolute Gasteiger partial charge is 0.508 e. The van der Waals surface area contributed by atoms with E-state index >= 15 is 0 Å². The number of hydrogen-bond acceptors (Lipinski definition) is 2. The first-order valence-corrected chi connectivity index (χ1v) is 5.63. The lowest BCUT2D eigenvalue weighted by molar-refractivity contribution is -0.135. The molecule has 2 nitrogen and oxygen atoms in total. The van der Waals surface area contributed by atoms with Gasteiger partial charge in [0.25, 0.3) is 0 Å². The molecule has 0 spiro atoms. The summed E-state index contributed by atoms with van der Waals surface area (Å²) in [6, 6.07) is 3.58. The normalized spacial score (nSPS) is 11.8. The summed E-state index contributed by atoms with van der Waals surface area (Å²) in [5.74, 6) is -0.485. The molecule has 0 aromatic heterocycles. The Morgan fingerprint density at radius 1 is 1.17 bits per heavy atom. The molecule has 0 heterocycles. The van der Waals surface area contributed by atoms with E-state index in [0.29, 0.717) is 18.5 Å². The van der Waals surface area contributed by atoms with Crippen molar-refractivity contribution in [2.45, 2.75) is 32.0 Å². The van der Waals surface area contributed by atoms with Gasteiger partial charge in [-0.25, -0.2) is 4.39 Å². The third kappa shape index (κ3) is 5.86. The standard InChI is InChI=1S/C12H15F4NO/c13-10-3-4-11(18)9(7-10)8-17-6-2-1-5-12(14,15)16/h3-4,7,17-18H,1-2,5-6,8H2. The van der Waals surface area contributed by atoms with Gasteiger partial charge in [-0.15, -0.1) is 0 Å². The number of halogens is 4. The molecule has 1 rings (SSSR count). The molecule has 6 heteroatoms. The summed E-state index contributed by atoms with van der Waals surface area (Å²) >= 11 is 0. The third-order valence-electron chi connectivity index (χ3n) is 2.42. The van der Waals surface area contributed by atoms with Crippen molar-refractivity contribution in [3.63, 3.8) is 0 Å². The van der Waals surface area contributed by atoms with E-state index in [1.54, 1.807) is 0 Å². The van der Waals surface area contributed by atoms with Crippen LogP contribution in [0.4, 0.5) is 17.6 Å². The Hall–Kier alpha value is -1.30. The van der Waals surface area contributed by atoms with Crippen molar-refractivity contribution in [1.29, 1.82) is 0 Å². The van der Waals surface area contributed by atoms with E-state index in [1.807, 2.05) is 0 Å². The number of phenols is 1. The predicted molar refractivity (Wildman–Crippen MR) is 59.7 cm³/mol. The van der Waals surface area contributed by atoms with Crippen LogP contribution in [0.5, 0.6) is 5.75 Å². The summed E-state index contributed by atoms with van der Waals surface area (Å²) in [5, 5.41) is 12.3. The molecule has 0 bridgehead atoms. The maximum absolute atomic E-state index is 12.8. The van der Waals surface area contributed by atoms with Crippen LogP contribution in [0.3, 0.4) is 0 Å². The lowest BCUT2D eigenvalue weighted by atomic mass is 10.2. The fourth-order valence-electron chi connectivity index (χ4n) is 1.49. The van der Waals surface area contributed by atoms with Crippen LogP contribution >= 0.6 is 0 Å². The topological polar surface area (TPSA) is 32.3 Å². The number of phenolic OH excluding ortho intramolecular Hbond substituents is 1. The summed E-state index contributed by atoms with van der Waals surface area (Å²) in [7, 11) is 0. The van der Waals surface area contributed by atoms with Crippen LogP contribution in [-0.4, -0.2) is 17.8 Å². The molecule has 0 saturated carbocycles. The van der Waals surface area contributed by atoms with Crippen molar-refractivity contribution in [3.05, 3.63) is 29.6 Å². The number of unbranched alkanes of at least 4 members (excludes halogenated alkanes) is 1. The number of aromatic hydroxyl groups is 1. The number of alkyl halides is 3. The van der Waals surface area contributed by atoms with Crippen molar-refractivity contribution in [2.75, 3.05) is 6.54 Å². The second-order valence-corrected chi connectivity index (χ2v) is 4.02. The summed E-state index contributed by atoms with van der Waals surface area (Å²) in [5.41, 5.74) is 0.394. The Labute approximate surface area is 103 Å². The van der Waals surface area contributed by atoms with E-state index in [9.17, 15) is 22.7 Å². The van der Waals surface area contributed by atoms with Gasteiger partial charge in [0.05, 0.1) is 0 Å². The van der Waals surface area contributed by atoms with Crippen molar-refractivity contribution in [3.8, 4) is 5.75 Å². The van der Waals surface area contributed by atoms with E-state index in [-0.39, 0.29) is 18.7 Å². The Morgan fingerprint density at radius 3 is 2.56 bits per heavy atom. The Morgan fingerprint density at radius 2 is 1.89 bits per heavy atom. The number of hydrogen-bond donors (Lipinski definition) is 2. The van der Waals surface area contributed by atoms with Gasteiger partial charge in [0.15, 0.2) is 0 Å². The highest BCUT2D eigenvalue weighted by atomic mass is 19.4. The zero-order valence-electron chi connectivity index (χ0n) is 9.73. The molecule has 0 unspecified atom stereocenters. The number of benzene rings is 1. The molecule has 0 amide bonds. The Bertz CT molecular complexity index is 379. The van der Waals surface area contributed by atoms with Gasteiger partial charge >= 0.3 is 6.18 Å². The van der Waals surface area contributed by atoms with E-state index in [0.717, 1.165) is 6.07 Å². The maximum Gasteiger partial charge on any atom is 0.389 e. The highest BCUT2D eigenvalue weighted by molar-refractivity contribution is 5.32. The minimum absolute atomic E-state index is 0.0285. The fraction of sp³-hybridized carbons (Fsp3) is 0.500. The van der Waals surface area contributed by atoms with Gasteiger partial charge in [-0.1, -0.05) is 0 Å². The SMILES string of the molecule is Oc1ccc(F)cc1CNCCCCC(F)(F)F. The van der Waals surface area contributed by atoms with Crippen LogP contribution in [0.2, 0.25) is 0 Å². The molecule has 0 aliphatic heterocycles. The molecule has 0 radical (unpaired) electrons. The van der Waals surface area contributed by atoms with Crippen molar-refractivity contribution in [1.82, 2.24) is 5.32 Å². The van der Waals surface area contributed by atoms with Crippen LogP contribution in [0, 0.1) is 5.82 Å². The average molecular weight is 265 g/mol. The lowest BCUT2D eigenvalue weighted by Crippen LogP contribution is -2.16. The maximum atomic E-state index is 12.8. The van der Waals surface area contributed by atoms with Crippen molar-refractivity contribution >= 4 is 0 Å². The second-order valence-electron chi connectivity index (χ2n) is 4.02. The van der Waals surface area contributed by atoms with Crippen LogP contribution in [0.1, 0.15) is 24.8 Å². The minimum Gasteiger partial charge on any atom is -0.508 e. The molecule has 1 aromatic carbocycles. The quantitative estimate of drug-likeness (QED) is 0.610. The van der Waals surface area contributed by atoms with Gasteiger partial charge in [0.1, 0.15) is 11.6 Å². The first-order chi connectivity index (χ1) is 8.38. The van der Waals surface area contributed by atoms with E-state index in [2.05, 4.69) is 5.32 Å². The molecule has 0 aliphatic carbocycles. The molecule has 0 aliphatic rings. The van der Waals surface area contributed by atoms with Gasteiger partial charge in [-0.05, 0) is 37.6 Å². The van der Waals surface area contributed by atoms with Crippen LogP contribution in [-0.2, 0) is 6.54 Å². The predicted octanol–water partition coefficient (Wildman–Crippen LogP) is 3.35. The zero-order chi connectivity index (χ0) is 13.6. The molecule has 0 fully saturated rings. The molecule has 18 heavy (non-hydrogen) atoms. The molecule has 0 saturated heterocycles. The molecular weight excluding hydrogens is 250 g/mol. The van der Waals surface area contributed by atoms with E-state index in [1.165, 1.54) is 12.1 Å². The highest BCUT2D eigenvalue weighted by Crippen LogP contribution is 2.22. The Kier molecular flexibility index (Phi) is 5.40. The van der Waals surface area contributed by atoms with E-state index < -0.39 is 18.4 Å². The molecule has 2 N–H and O–H groups in total. The van der Waals surface area contributed by atoms with Crippen molar-refractivity contribution < 1.29 is 22.7 Å². The summed E-state index contributed by atoms with van der Waals surface area (Å²) in [6.45, 7) is 0.627. The summed E-state index contributed by atoms with van der Waals surface area (Å²) in [4.78, 5) is 0. The number of nitrogens with one attached hydrogen (secondary N) is 1. The van der Waals surface area contributed by atoms with Gasteiger partial charge < -0.3 is 10.4 Å². The zero-order valence-corrected chi connectivity index (χ0v) is 9.73. The van der Waals surface area contributed by atoms with Crippen LogP contribution < -0.4 is 5.32 Å². The van der Waals surface area contributed by atoms with Crippen molar-refractivity contribution in [2.24, 2.45) is 0 Å². The average Bonchev–Trinajstić information content (AvgIpc) is 2.26. The van der Waals surface area contributed by atoms with E-state index in [4.69, 9.17) is 0 Å². The third-order valence-corrected chi connectivity index (χ3v) is 2.42. The minimum atomic E-state index is -4.11. The van der Waals surface area contributed by atoms with Gasteiger partial charge in [0.2, 0.25) is 0 Å². The first kappa shape index (κ1) is 14.8. The van der Waals surface area contributed by atoms with Gasteiger partial charge in [-0.2, -0.15) is 13.2 Å². The lowest BCUT2D eigenvalue weighted by Gasteiger charge is -2.08. The van der Waals surface area contributed by atoms with Gasteiger partial charge in [-0.3, -0.25) is 0 Å². The van der Waals surface area contributed by atoms with Crippen LogP contribution in [0.15, 0.2) is 18.2 Å². The molecular formula is C12H15F4NO. The summed E-state index contributed by atoms with van der Waals surface area (Å²) < 4.78 is 48.3. The molecule has 1 aromatic rings. The Balaban J connectivity index is 2.20. The second kappa shape index (κ2) is 6.58. The molecule has 0 atom stereocenters. The highest BCUT2D eigenvalue weighted by Gasteiger charge is 2.25.